The second kappa shape index (κ2) is 7.98. The molecule has 1 heterocycles. The van der Waals surface area contributed by atoms with E-state index in [1.165, 1.54) is 19.9 Å². The first kappa shape index (κ1) is 20.1. The van der Waals surface area contributed by atoms with Gasteiger partial charge in [-0.05, 0) is 30.9 Å². The van der Waals surface area contributed by atoms with E-state index in [1.807, 2.05) is 0 Å². The number of hydrogen-bond donors (Lipinski definition) is 3. The quantitative estimate of drug-likeness (QED) is 0.627. The molecule has 2 unspecified atom stereocenters. The molecule has 0 radical (unpaired) electrons. The van der Waals surface area contributed by atoms with Gasteiger partial charge in [-0.25, -0.2) is 8.42 Å². The fraction of sp³-hybridized carbons (Fsp3) is 0.294. The summed E-state index contributed by atoms with van der Waals surface area (Å²) in [5.41, 5.74) is -0.789. The fourth-order valence-corrected chi connectivity index (χ4v) is 4.50. The minimum Gasteiger partial charge on any atom is -0.481 e. The first-order valence-corrected chi connectivity index (χ1v) is 10.2. The predicted molar refractivity (Wildman–Crippen MR) is 98.5 cm³/mol. The van der Waals surface area contributed by atoms with E-state index in [0.29, 0.717) is 5.56 Å². The number of benzene rings is 1. The van der Waals surface area contributed by atoms with Gasteiger partial charge in [0.05, 0.1) is 6.04 Å². The van der Waals surface area contributed by atoms with Gasteiger partial charge in [-0.15, -0.1) is 11.3 Å². The number of hydrogen-bond acceptors (Lipinski definition) is 5. The highest BCUT2D eigenvalue weighted by atomic mass is 32.2. The van der Waals surface area contributed by atoms with Gasteiger partial charge >= 0.3 is 5.97 Å². The van der Waals surface area contributed by atoms with Gasteiger partial charge < -0.3 is 10.4 Å². The van der Waals surface area contributed by atoms with Gasteiger partial charge in [-0.3, -0.25) is 9.59 Å². The SMILES string of the molecule is CC(NS(=O)(=O)c1cccs1)C(=O)NCC(C)(C(=O)O)c1ccccc1. The van der Waals surface area contributed by atoms with E-state index in [-0.39, 0.29) is 10.8 Å². The van der Waals surface area contributed by atoms with E-state index >= 15 is 0 Å². The number of aliphatic carboxylic acids is 1. The number of amides is 1. The molecule has 2 aromatic rings. The van der Waals surface area contributed by atoms with E-state index in [2.05, 4.69) is 10.0 Å². The maximum Gasteiger partial charge on any atom is 0.315 e. The van der Waals surface area contributed by atoms with Crippen molar-refractivity contribution in [2.75, 3.05) is 6.54 Å². The van der Waals surface area contributed by atoms with E-state index in [9.17, 15) is 23.1 Å². The second-order valence-corrected chi connectivity index (χ2v) is 8.88. The van der Waals surface area contributed by atoms with Gasteiger partial charge in [0.25, 0.3) is 10.0 Å². The van der Waals surface area contributed by atoms with Gasteiger partial charge in [0.2, 0.25) is 5.91 Å². The van der Waals surface area contributed by atoms with Crippen molar-refractivity contribution in [1.29, 1.82) is 0 Å². The monoisotopic (exact) mass is 396 g/mol. The minimum absolute atomic E-state index is 0.108. The number of thiophene rings is 1. The summed E-state index contributed by atoms with van der Waals surface area (Å²) in [7, 11) is -3.79. The molecule has 0 fully saturated rings. The van der Waals surface area contributed by atoms with Crippen LogP contribution in [-0.4, -0.2) is 38.0 Å². The Hall–Kier alpha value is -2.23. The fourth-order valence-electron chi connectivity index (χ4n) is 2.28. The summed E-state index contributed by atoms with van der Waals surface area (Å²) in [5.74, 6) is -1.69. The van der Waals surface area contributed by atoms with Crippen LogP contribution < -0.4 is 10.0 Å². The van der Waals surface area contributed by atoms with Crippen molar-refractivity contribution < 1.29 is 23.1 Å². The summed E-state index contributed by atoms with van der Waals surface area (Å²) < 4.78 is 26.7. The third-order valence-electron chi connectivity index (χ3n) is 3.98. The molecule has 3 N–H and O–H groups in total. The van der Waals surface area contributed by atoms with Crippen LogP contribution >= 0.6 is 11.3 Å². The molecule has 2 rings (SSSR count). The molecule has 1 amide bonds. The first-order valence-electron chi connectivity index (χ1n) is 7.79. The van der Waals surface area contributed by atoms with Crippen LogP contribution in [0.2, 0.25) is 0 Å². The van der Waals surface area contributed by atoms with Crippen molar-refractivity contribution in [2.24, 2.45) is 0 Å². The van der Waals surface area contributed by atoms with Crippen molar-refractivity contribution in [2.45, 2.75) is 29.5 Å². The largest absolute Gasteiger partial charge is 0.481 e. The summed E-state index contributed by atoms with van der Waals surface area (Å²) in [6.45, 7) is 2.74. The summed E-state index contributed by atoms with van der Waals surface area (Å²) in [6.07, 6.45) is 0. The molecule has 140 valence electrons. The third-order valence-corrected chi connectivity index (χ3v) is 6.92. The molecule has 7 nitrogen and oxygen atoms in total. The van der Waals surface area contributed by atoms with Gasteiger partial charge in [-0.1, -0.05) is 36.4 Å². The van der Waals surface area contributed by atoms with Crippen LogP contribution in [0, 0.1) is 0 Å². The van der Waals surface area contributed by atoms with Gasteiger partial charge in [-0.2, -0.15) is 4.72 Å². The Labute approximate surface area is 156 Å². The Morgan fingerprint density at radius 1 is 1.19 bits per heavy atom. The lowest BCUT2D eigenvalue weighted by Gasteiger charge is -2.26. The van der Waals surface area contributed by atoms with E-state index in [1.54, 1.807) is 41.8 Å². The number of carboxylic acid groups (broad SMARTS) is 1. The summed E-state index contributed by atoms with van der Waals surface area (Å²) in [5, 5.41) is 13.7. The Balaban J connectivity index is 2.05. The van der Waals surface area contributed by atoms with Gasteiger partial charge in [0.15, 0.2) is 0 Å². The average molecular weight is 396 g/mol. The lowest BCUT2D eigenvalue weighted by atomic mass is 9.82. The lowest BCUT2D eigenvalue weighted by molar-refractivity contribution is -0.143. The Kier molecular flexibility index (Phi) is 6.17. The van der Waals surface area contributed by atoms with Crippen molar-refractivity contribution in [3.8, 4) is 0 Å². The minimum atomic E-state index is -3.79. The van der Waals surface area contributed by atoms with E-state index in [4.69, 9.17) is 0 Å². The van der Waals surface area contributed by atoms with Gasteiger partial charge in [0.1, 0.15) is 9.62 Å². The zero-order valence-corrected chi connectivity index (χ0v) is 15.9. The van der Waals surface area contributed by atoms with Crippen molar-refractivity contribution in [1.82, 2.24) is 10.0 Å². The number of carbonyl (C=O) groups is 2. The number of carbonyl (C=O) groups excluding carboxylic acids is 1. The molecule has 1 aromatic heterocycles. The van der Waals surface area contributed by atoms with Crippen LogP contribution in [0.15, 0.2) is 52.1 Å². The van der Waals surface area contributed by atoms with Crippen LogP contribution in [0.4, 0.5) is 0 Å². The molecule has 0 aliphatic heterocycles. The molecule has 0 bridgehead atoms. The first-order chi connectivity index (χ1) is 12.2. The average Bonchev–Trinajstić information content (AvgIpc) is 3.15. The van der Waals surface area contributed by atoms with Crippen LogP contribution in [0.3, 0.4) is 0 Å². The van der Waals surface area contributed by atoms with E-state index in [0.717, 1.165) is 11.3 Å². The highest BCUT2D eigenvalue weighted by Crippen LogP contribution is 2.23. The van der Waals surface area contributed by atoms with Crippen LogP contribution in [0.1, 0.15) is 19.4 Å². The highest BCUT2D eigenvalue weighted by molar-refractivity contribution is 7.91. The third kappa shape index (κ3) is 4.48. The van der Waals surface area contributed by atoms with E-state index < -0.39 is 33.4 Å². The zero-order valence-electron chi connectivity index (χ0n) is 14.3. The molecule has 1 aromatic carbocycles. The smallest absolute Gasteiger partial charge is 0.315 e. The van der Waals surface area contributed by atoms with Crippen molar-refractivity contribution in [3.63, 3.8) is 0 Å². The molecule has 2 atom stereocenters. The zero-order chi connectivity index (χ0) is 19.4. The lowest BCUT2D eigenvalue weighted by Crippen LogP contribution is -2.50. The number of rotatable bonds is 8. The molecule has 0 aliphatic rings. The number of nitrogens with one attached hydrogen (secondary N) is 2. The molecule has 0 saturated heterocycles. The summed E-state index contributed by atoms with van der Waals surface area (Å²) in [4.78, 5) is 24.0. The van der Waals surface area contributed by atoms with Crippen LogP contribution in [0.5, 0.6) is 0 Å². The van der Waals surface area contributed by atoms with Crippen LogP contribution in [-0.2, 0) is 25.0 Å². The predicted octanol–water partition coefficient (Wildman–Crippen LogP) is 1.57. The maximum absolute atomic E-state index is 12.3. The van der Waals surface area contributed by atoms with Gasteiger partial charge in [0, 0.05) is 6.54 Å². The number of carboxylic acids is 1. The molecule has 26 heavy (non-hydrogen) atoms. The summed E-state index contributed by atoms with van der Waals surface area (Å²) >= 11 is 1.04. The van der Waals surface area contributed by atoms with Crippen LogP contribution in [0.25, 0.3) is 0 Å². The molecule has 0 saturated carbocycles. The highest BCUT2D eigenvalue weighted by Gasteiger charge is 2.36. The van der Waals surface area contributed by atoms with Crippen molar-refractivity contribution in [3.05, 3.63) is 53.4 Å². The maximum atomic E-state index is 12.3. The Morgan fingerprint density at radius 2 is 1.85 bits per heavy atom. The molecule has 0 spiro atoms. The molecule has 0 aliphatic carbocycles. The van der Waals surface area contributed by atoms with Crippen molar-refractivity contribution >= 4 is 33.2 Å². The topological polar surface area (TPSA) is 113 Å². The summed E-state index contributed by atoms with van der Waals surface area (Å²) in [6, 6.07) is 10.5. The Morgan fingerprint density at radius 3 is 2.38 bits per heavy atom. The molecular formula is C17H20N2O5S2. The second-order valence-electron chi connectivity index (χ2n) is 6.00. The Bertz CT molecular complexity index is 866. The normalized spacial score (nSPS) is 15.0. The molecular weight excluding hydrogens is 376 g/mol. The standard InChI is InChI=1S/C17H20N2O5S2/c1-12(19-26(23,24)14-9-6-10-25-14)15(20)18-11-17(2,16(21)22)13-7-4-3-5-8-13/h3-10,12,19H,11H2,1-2H3,(H,18,20)(H,21,22). The molecule has 9 heteroatoms. The number of sulfonamides is 1.